The molecule has 0 saturated carbocycles. The molecule has 72 valence electrons. The molecule has 1 aromatic carbocycles. The summed E-state index contributed by atoms with van der Waals surface area (Å²) in [6.07, 6.45) is 0.143. The summed E-state index contributed by atoms with van der Waals surface area (Å²) in [6.45, 7) is 0.863. The second-order valence-corrected chi connectivity index (χ2v) is 3.56. The minimum Gasteiger partial charge on any atom is -0.385 e. The molecule has 0 aliphatic carbocycles. The lowest BCUT2D eigenvalue weighted by Gasteiger charge is -2.20. The first-order valence-corrected chi connectivity index (χ1v) is 4.69. The number of nitrogens with two attached hydrogens (primary N) is 1. The van der Waals surface area contributed by atoms with Gasteiger partial charge in [0.15, 0.2) is 0 Å². The van der Waals surface area contributed by atoms with Crippen molar-refractivity contribution in [1.29, 1.82) is 0 Å². The van der Waals surface area contributed by atoms with Crippen LogP contribution in [0.15, 0.2) is 24.3 Å². The Morgan fingerprint density at radius 1 is 1.21 bits per heavy atom. The number of hydrazine groups is 1. The van der Waals surface area contributed by atoms with Crippen LogP contribution in [0, 0.1) is 0 Å². The normalized spacial score (nSPS) is 24.1. The van der Waals surface area contributed by atoms with Gasteiger partial charge < -0.3 is 11.1 Å². The highest BCUT2D eigenvalue weighted by atomic mass is 15.5. The summed E-state index contributed by atoms with van der Waals surface area (Å²) in [7, 11) is 0. The van der Waals surface area contributed by atoms with Crippen LogP contribution in [0.4, 0.5) is 0 Å². The highest BCUT2D eigenvalue weighted by molar-refractivity contribution is 5.61. The standard InChI is InChI=1S/C10H12N4/c11-9-7-4-2-1-3-6(7)8-5-12-14-10(8)13-9/h1-4,10,12-14H,5,11H2. The van der Waals surface area contributed by atoms with Crippen molar-refractivity contribution in [3.63, 3.8) is 0 Å². The zero-order valence-corrected chi connectivity index (χ0v) is 7.67. The molecule has 3 rings (SSSR count). The van der Waals surface area contributed by atoms with E-state index >= 15 is 0 Å². The van der Waals surface area contributed by atoms with E-state index in [9.17, 15) is 0 Å². The van der Waals surface area contributed by atoms with Crippen molar-refractivity contribution in [3.8, 4) is 0 Å². The first-order chi connectivity index (χ1) is 6.86. The van der Waals surface area contributed by atoms with Crippen molar-refractivity contribution in [1.82, 2.24) is 16.2 Å². The van der Waals surface area contributed by atoms with Crippen LogP contribution in [0.5, 0.6) is 0 Å². The average Bonchev–Trinajstić information content (AvgIpc) is 2.66. The molecule has 5 N–H and O–H groups in total. The van der Waals surface area contributed by atoms with Crippen molar-refractivity contribution in [2.75, 3.05) is 6.54 Å². The molecular formula is C10H12N4. The molecule has 0 radical (unpaired) electrons. The Bertz CT molecular complexity index is 491. The lowest BCUT2D eigenvalue weighted by Crippen LogP contribution is -2.51. The van der Waals surface area contributed by atoms with Gasteiger partial charge in [-0.2, -0.15) is 0 Å². The zero-order valence-electron chi connectivity index (χ0n) is 7.67. The fourth-order valence-corrected chi connectivity index (χ4v) is 2.04. The van der Waals surface area contributed by atoms with Crippen molar-refractivity contribution < 1.29 is 0 Å². The van der Waals surface area contributed by atoms with Crippen LogP contribution < -0.4 is 32.3 Å². The van der Waals surface area contributed by atoms with Gasteiger partial charge in [-0.3, -0.25) is 5.43 Å². The highest BCUT2D eigenvalue weighted by Crippen LogP contribution is 2.05. The molecule has 1 fully saturated rings. The molecule has 0 amide bonds. The topological polar surface area (TPSA) is 62.1 Å². The van der Waals surface area contributed by atoms with E-state index in [-0.39, 0.29) is 6.17 Å². The van der Waals surface area contributed by atoms with Crippen LogP contribution in [-0.4, -0.2) is 12.7 Å². The number of nitrogens with one attached hydrogen (secondary N) is 3. The van der Waals surface area contributed by atoms with Crippen molar-refractivity contribution in [2.24, 2.45) is 5.73 Å². The van der Waals surface area contributed by atoms with Crippen molar-refractivity contribution in [3.05, 3.63) is 34.7 Å². The summed E-state index contributed by atoms with van der Waals surface area (Å²) in [4.78, 5) is 0. The van der Waals surface area contributed by atoms with Gasteiger partial charge in [-0.15, -0.1) is 0 Å². The van der Waals surface area contributed by atoms with Gasteiger partial charge in [0.05, 0.1) is 0 Å². The Morgan fingerprint density at radius 2 is 2.00 bits per heavy atom. The molecule has 4 nitrogen and oxygen atoms in total. The first kappa shape index (κ1) is 7.84. The van der Waals surface area contributed by atoms with Crippen LogP contribution in [0.1, 0.15) is 0 Å². The molecule has 1 aromatic rings. The van der Waals surface area contributed by atoms with E-state index < -0.39 is 0 Å². The second kappa shape index (κ2) is 2.73. The number of rotatable bonds is 0. The van der Waals surface area contributed by atoms with Gasteiger partial charge in [0, 0.05) is 11.8 Å². The van der Waals surface area contributed by atoms with E-state index in [0.29, 0.717) is 0 Å². The minimum atomic E-state index is 0.143. The predicted octanol–water partition coefficient (Wildman–Crippen LogP) is -2.10. The van der Waals surface area contributed by atoms with Gasteiger partial charge in [-0.05, 0) is 10.8 Å². The van der Waals surface area contributed by atoms with E-state index in [1.54, 1.807) is 0 Å². The molecule has 0 spiro atoms. The maximum absolute atomic E-state index is 5.93. The minimum absolute atomic E-state index is 0.143. The van der Waals surface area contributed by atoms with Crippen LogP contribution in [-0.2, 0) is 0 Å². The van der Waals surface area contributed by atoms with E-state index in [0.717, 1.165) is 17.6 Å². The van der Waals surface area contributed by atoms with Gasteiger partial charge >= 0.3 is 0 Å². The highest BCUT2D eigenvalue weighted by Gasteiger charge is 2.23. The largest absolute Gasteiger partial charge is 0.385 e. The Morgan fingerprint density at radius 3 is 2.86 bits per heavy atom. The molecule has 0 aromatic heterocycles. The van der Waals surface area contributed by atoms with Gasteiger partial charge in [0.2, 0.25) is 0 Å². The van der Waals surface area contributed by atoms with Crippen molar-refractivity contribution in [2.45, 2.75) is 6.17 Å². The van der Waals surface area contributed by atoms with E-state index in [1.165, 1.54) is 10.8 Å². The van der Waals surface area contributed by atoms with Crippen LogP contribution in [0.25, 0.3) is 11.4 Å². The summed E-state index contributed by atoms with van der Waals surface area (Å²) >= 11 is 0. The molecule has 1 atom stereocenters. The van der Waals surface area contributed by atoms with Crippen LogP contribution >= 0.6 is 0 Å². The molecule has 1 unspecified atom stereocenters. The molecular weight excluding hydrogens is 176 g/mol. The molecule has 2 heterocycles. The number of benzene rings is 1. The third-order valence-corrected chi connectivity index (χ3v) is 2.74. The zero-order chi connectivity index (χ0) is 9.54. The third kappa shape index (κ3) is 0.950. The predicted molar refractivity (Wildman–Crippen MR) is 54.8 cm³/mol. The molecule has 14 heavy (non-hydrogen) atoms. The third-order valence-electron chi connectivity index (χ3n) is 2.74. The number of hydrogen-bond donors (Lipinski definition) is 4. The fraction of sp³-hybridized carbons (Fsp3) is 0.200. The fourth-order valence-electron chi connectivity index (χ4n) is 2.04. The molecule has 2 aliphatic heterocycles. The molecule has 0 bridgehead atoms. The van der Waals surface area contributed by atoms with Crippen molar-refractivity contribution >= 4 is 11.4 Å². The van der Waals surface area contributed by atoms with Gasteiger partial charge in [-0.1, -0.05) is 24.3 Å². The summed E-state index contributed by atoms with van der Waals surface area (Å²) < 4.78 is 0. The number of fused-ring (bicyclic) bond motifs is 2. The summed E-state index contributed by atoms with van der Waals surface area (Å²) in [5.74, 6) is 0.741. The maximum atomic E-state index is 5.93. The first-order valence-electron chi connectivity index (χ1n) is 4.69. The second-order valence-electron chi connectivity index (χ2n) is 3.56. The van der Waals surface area contributed by atoms with Crippen LogP contribution in [0.2, 0.25) is 0 Å². The SMILES string of the molecule is NC1=c2ccccc2=C2CNNC2N1. The lowest BCUT2D eigenvalue weighted by molar-refractivity contribution is 0.550. The lowest BCUT2D eigenvalue weighted by atomic mass is 10.1. The van der Waals surface area contributed by atoms with Gasteiger partial charge in [0.25, 0.3) is 0 Å². The Balaban J connectivity index is 2.43. The Hall–Kier alpha value is -1.52. The Labute approximate surface area is 81.5 Å². The van der Waals surface area contributed by atoms with E-state index in [1.807, 2.05) is 18.2 Å². The van der Waals surface area contributed by atoms with Crippen LogP contribution in [0.3, 0.4) is 0 Å². The maximum Gasteiger partial charge on any atom is 0.115 e. The quantitative estimate of drug-likeness (QED) is 0.377. The van der Waals surface area contributed by atoms with Gasteiger partial charge in [0.1, 0.15) is 12.0 Å². The average molecular weight is 188 g/mol. The van der Waals surface area contributed by atoms with E-state index in [2.05, 4.69) is 22.2 Å². The van der Waals surface area contributed by atoms with E-state index in [4.69, 9.17) is 5.73 Å². The summed E-state index contributed by atoms with van der Waals surface area (Å²) in [6, 6.07) is 8.20. The Kier molecular flexibility index (Phi) is 1.53. The monoisotopic (exact) mass is 188 g/mol. The number of hydrogen-bond acceptors (Lipinski definition) is 4. The van der Waals surface area contributed by atoms with Gasteiger partial charge in [-0.25, -0.2) is 5.43 Å². The summed E-state index contributed by atoms with van der Waals surface area (Å²) in [5.41, 5.74) is 13.5. The smallest absolute Gasteiger partial charge is 0.115 e. The molecule has 1 saturated heterocycles. The molecule has 2 aliphatic rings. The summed E-state index contributed by atoms with van der Waals surface area (Å²) in [5, 5.41) is 5.56. The molecule has 4 heteroatoms.